The van der Waals surface area contributed by atoms with Gasteiger partial charge in [-0.1, -0.05) is 30.3 Å². The Labute approximate surface area is 94.0 Å². The molecule has 0 saturated heterocycles. The predicted molar refractivity (Wildman–Crippen MR) is 51.5 cm³/mol. The number of carbonyl (C=O) groups is 2. The minimum Gasteiger partial charge on any atom is -0.292 e. The molecule has 2 nitrogen and oxygen atoms in total. The van der Waals surface area contributed by atoms with Crippen molar-refractivity contribution in [1.82, 2.24) is 0 Å². The molecule has 1 aromatic carbocycles. The van der Waals surface area contributed by atoms with Gasteiger partial charge in [0.1, 0.15) is 0 Å². The third-order valence-corrected chi connectivity index (χ3v) is 2.19. The minimum absolute atomic E-state index is 0.0277. The molecule has 6 heteroatoms. The molecular weight excluding hydrogens is 245 g/mol. The van der Waals surface area contributed by atoms with Crippen LogP contribution in [0.25, 0.3) is 0 Å². The molecule has 0 bridgehead atoms. The fourth-order valence-electron chi connectivity index (χ4n) is 1.01. The van der Waals surface area contributed by atoms with Gasteiger partial charge < -0.3 is 0 Å². The zero-order valence-electron chi connectivity index (χ0n) is 7.79. The molecule has 0 saturated carbocycles. The van der Waals surface area contributed by atoms with E-state index in [4.69, 9.17) is 11.6 Å². The monoisotopic (exact) mass is 250 g/mol. The summed E-state index contributed by atoms with van der Waals surface area (Å²) in [7, 11) is 0. The lowest BCUT2D eigenvalue weighted by molar-refractivity contribution is -0.169. The Kier molecular flexibility index (Phi) is 3.70. The molecule has 1 unspecified atom stereocenters. The molecule has 0 aliphatic rings. The zero-order chi connectivity index (χ0) is 12.3. The molecule has 0 heterocycles. The maximum Gasteiger partial charge on any atom is 0.452 e. The lowest BCUT2D eigenvalue weighted by Gasteiger charge is -2.09. The van der Waals surface area contributed by atoms with Gasteiger partial charge in [-0.3, -0.25) is 9.59 Å². The van der Waals surface area contributed by atoms with Crippen molar-refractivity contribution in [3.63, 3.8) is 0 Å². The van der Waals surface area contributed by atoms with Crippen molar-refractivity contribution in [1.29, 1.82) is 0 Å². The molecule has 86 valence electrons. The van der Waals surface area contributed by atoms with Crippen molar-refractivity contribution in [3.8, 4) is 0 Å². The van der Waals surface area contributed by atoms with E-state index in [1.54, 1.807) is 6.07 Å². The molecule has 1 atom stereocenters. The Balaban J connectivity index is 2.88. The van der Waals surface area contributed by atoms with E-state index in [0.717, 1.165) is 0 Å². The van der Waals surface area contributed by atoms with E-state index in [1.165, 1.54) is 24.3 Å². The van der Waals surface area contributed by atoms with Crippen molar-refractivity contribution in [3.05, 3.63) is 35.9 Å². The van der Waals surface area contributed by atoms with Gasteiger partial charge in [-0.25, -0.2) is 0 Å². The SMILES string of the molecule is O=C(c1ccccc1)C(Cl)C(=O)C(F)(F)F. The predicted octanol–water partition coefficient (Wildman–Crippen LogP) is 2.61. The summed E-state index contributed by atoms with van der Waals surface area (Å²) >= 11 is 5.18. The van der Waals surface area contributed by atoms with Crippen LogP contribution < -0.4 is 0 Å². The van der Waals surface area contributed by atoms with E-state index >= 15 is 0 Å². The Bertz CT molecular complexity index is 400. The number of Topliss-reactive ketones (excluding diaryl/α,β-unsaturated/α-hetero) is 2. The van der Waals surface area contributed by atoms with Crippen molar-refractivity contribution >= 4 is 23.2 Å². The zero-order valence-corrected chi connectivity index (χ0v) is 8.55. The highest BCUT2D eigenvalue weighted by Crippen LogP contribution is 2.22. The second-order valence-corrected chi connectivity index (χ2v) is 3.39. The molecule has 0 radical (unpaired) electrons. The standard InChI is InChI=1S/C10H6ClF3O2/c11-7(9(16)10(12,13)14)8(15)6-4-2-1-3-5-6/h1-5,7H. The molecule has 1 rings (SSSR count). The number of alkyl halides is 4. The summed E-state index contributed by atoms with van der Waals surface area (Å²) < 4.78 is 36.0. The highest BCUT2D eigenvalue weighted by Gasteiger charge is 2.45. The first kappa shape index (κ1) is 12.7. The van der Waals surface area contributed by atoms with Gasteiger partial charge in [0.2, 0.25) is 0 Å². The fraction of sp³-hybridized carbons (Fsp3) is 0.200. The van der Waals surface area contributed by atoms with Crippen molar-refractivity contribution < 1.29 is 22.8 Å². The van der Waals surface area contributed by atoms with Gasteiger partial charge in [0, 0.05) is 5.56 Å². The molecule has 16 heavy (non-hydrogen) atoms. The molecule has 1 aromatic rings. The van der Waals surface area contributed by atoms with Crippen LogP contribution in [0.15, 0.2) is 30.3 Å². The summed E-state index contributed by atoms with van der Waals surface area (Å²) in [5.74, 6) is -3.30. The molecule has 0 fully saturated rings. The Hall–Kier alpha value is -1.36. The molecule has 0 spiro atoms. The van der Waals surface area contributed by atoms with E-state index in [2.05, 4.69) is 0 Å². The first-order valence-corrected chi connectivity index (χ1v) is 4.62. The number of carbonyl (C=O) groups excluding carboxylic acids is 2. The van der Waals surface area contributed by atoms with Crippen LogP contribution in [-0.2, 0) is 4.79 Å². The quantitative estimate of drug-likeness (QED) is 0.469. The topological polar surface area (TPSA) is 34.1 Å². The second kappa shape index (κ2) is 4.65. The molecule has 0 N–H and O–H groups in total. The van der Waals surface area contributed by atoms with E-state index in [1.807, 2.05) is 0 Å². The molecule has 0 amide bonds. The first-order chi connectivity index (χ1) is 7.34. The van der Waals surface area contributed by atoms with E-state index < -0.39 is 23.1 Å². The largest absolute Gasteiger partial charge is 0.452 e. The van der Waals surface area contributed by atoms with Gasteiger partial charge in [0.25, 0.3) is 5.78 Å². The summed E-state index contributed by atoms with van der Waals surface area (Å²) in [5.41, 5.74) is -0.0277. The molecular formula is C10H6ClF3O2. The van der Waals surface area contributed by atoms with Crippen LogP contribution in [0.5, 0.6) is 0 Å². The van der Waals surface area contributed by atoms with Crippen LogP contribution in [0.1, 0.15) is 10.4 Å². The third-order valence-electron chi connectivity index (χ3n) is 1.80. The van der Waals surface area contributed by atoms with Gasteiger partial charge in [-0.15, -0.1) is 11.6 Å². The molecule has 0 aromatic heterocycles. The smallest absolute Gasteiger partial charge is 0.292 e. The van der Waals surface area contributed by atoms with Crippen molar-refractivity contribution in [2.45, 2.75) is 11.6 Å². The lowest BCUT2D eigenvalue weighted by Crippen LogP contribution is -2.36. The van der Waals surface area contributed by atoms with Gasteiger partial charge in [-0.2, -0.15) is 13.2 Å². The summed E-state index contributed by atoms with van der Waals surface area (Å²) in [5, 5.41) is -2.22. The number of hydrogen-bond acceptors (Lipinski definition) is 2. The van der Waals surface area contributed by atoms with Crippen LogP contribution in [0, 0.1) is 0 Å². The normalized spacial score (nSPS) is 13.2. The Morgan fingerprint density at radius 2 is 1.62 bits per heavy atom. The number of halogens is 4. The van der Waals surface area contributed by atoms with Crippen LogP contribution in [0.4, 0.5) is 13.2 Å². The highest BCUT2D eigenvalue weighted by atomic mass is 35.5. The fourth-order valence-corrected chi connectivity index (χ4v) is 1.26. The average molecular weight is 251 g/mol. The maximum atomic E-state index is 12.0. The van der Waals surface area contributed by atoms with E-state index in [0.29, 0.717) is 0 Å². The lowest BCUT2D eigenvalue weighted by atomic mass is 10.1. The van der Waals surface area contributed by atoms with Crippen molar-refractivity contribution in [2.75, 3.05) is 0 Å². The summed E-state index contributed by atoms with van der Waals surface area (Å²) in [4.78, 5) is 22.1. The third kappa shape index (κ3) is 2.82. The average Bonchev–Trinajstić information content (AvgIpc) is 2.26. The summed E-state index contributed by atoms with van der Waals surface area (Å²) in [6.07, 6.45) is -5.10. The van der Waals surface area contributed by atoms with E-state index in [9.17, 15) is 22.8 Å². The Morgan fingerprint density at radius 3 is 2.06 bits per heavy atom. The van der Waals surface area contributed by atoms with Gasteiger partial charge in [-0.05, 0) is 0 Å². The number of ketones is 2. The minimum atomic E-state index is -5.10. The Morgan fingerprint density at radius 1 is 1.12 bits per heavy atom. The van der Waals surface area contributed by atoms with E-state index in [-0.39, 0.29) is 5.56 Å². The molecule has 0 aliphatic carbocycles. The summed E-state index contributed by atoms with van der Waals surface area (Å²) in [6.45, 7) is 0. The van der Waals surface area contributed by atoms with Gasteiger partial charge in [0.15, 0.2) is 11.2 Å². The number of benzene rings is 1. The van der Waals surface area contributed by atoms with Crippen LogP contribution in [-0.4, -0.2) is 23.1 Å². The van der Waals surface area contributed by atoms with Crippen molar-refractivity contribution in [2.24, 2.45) is 0 Å². The molecule has 0 aliphatic heterocycles. The van der Waals surface area contributed by atoms with Crippen LogP contribution >= 0.6 is 11.6 Å². The first-order valence-electron chi connectivity index (χ1n) is 4.18. The highest BCUT2D eigenvalue weighted by molar-refractivity contribution is 6.45. The number of rotatable bonds is 3. The summed E-state index contributed by atoms with van der Waals surface area (Å²) in [6, 6.07) is 7.11. The number of hydrogen-bond donors (Lipinski definition) is 0. The van der Waals surface area contributed by atoms with Crippen LogP contribution in [0.3, 0.4) is 0 Å². The second-order valence-electron chi connectivity index (χ2n) is 2.95. The van der Waals surface area contributed by atoms with Gasteiger partial charge in [0.05, 0.1) is 0 Å². The maximum absolute atomic E-state index is 12.0. The van der Waals surface area contributed by atoms with Gasteiger partial charge >= 0.3 is 6.18 Å². The van der Waals surface area contributed by atoms with Crippen LogP contribution in [0.2, 0.25) is 0 Å².